The highest BCUT2D eigenvalue weighted by Gasteiger charge is 2.15. The van der Waals surface area contributed by atoms with Crippen molar-refractivity contribution < 1.29 is 9.53 Å². The smallest absolute Gasteiger partial charge is 0.255 e. The number of methoxy groups -OCH3 is 1. The molecule has 0 radical (unpaired) electrons. The van der Waals surface area contributed by atoms with Crippen molar-refractivity contribution >= 4 is 46.4 Å². The van der Waals surface area contributed by atoms with Crippen molar-refractivity contribution in [1.29, 1.82) is 0 Å². The summed E-state index contributed by atoms with van der Waals surface area (Å²) in [6, 6.07) is 13.5. The molecule has 0 saturated heterocycles. The number of hydrogen-bond donors (Lipinski definition) is 1. The molecule has 132 valence electrons. The van der Waals surface area contributed by atoms with Gasteiger partial charge in [0.25, 0.3) is 5.91 Å². The summed E-state index contributed by atoms with van der Waals surface area (Å²) in [5.41, 5.74) is 2.10. The maximum Gasteiger partial charge on any atom is 0.255 e. The Bertz CT molecular complexity index is 977. The molecule has 1 aromatic heterocycles. The number of nitrogens with one attached hydrogen (secondary N) is 1. The topological polar surface area (TPSA) is 51.2 Å². The minimum absolute atomic E-state index is 0.284. The van der Waals surface area contributed by atoms with Crippen molar-refractivity contribution in [1.82, 2.24) is 4.98 Å². The fraction of sp³-hybridized carbons (Fsp3) is 0.0526. The lowest BCUT2D eigenvalue weighted by Gasteiger charge is -2.12. The molecule has 0 atom stereocenters. The molecule has 1 N–H and O–H groups in total. The van der Waals surface area contributed by atoms with Gasteiger partial charge >= 0.3 is 0 Å². The molecule has 7 heteroatoms. The van der Waals surface area contributed by atoms with E-state index in [2.05, 4.69) is 10.3 Å². The first-order valence-corrected chi connectivity index (χ1v) is 8.69. The highest BCUT2D eigenvalue weighted by molar-refractivity contribution is 6.44. The van der Waals surface area contributed by atoms with Crippen molar-refractivity contribution in [3.05, 3.63) is 75.4 Å². The predicted octanol–water partition coefficient (Wildman–Crippen LogP) is 5.97. The molecule has 1 heterocycles. The first-order valence-electron chi connectivity index (χ1n) is 7.55. The van der Waals surface area contributed by atoms with Crippen LogP contribution in [0.3, 0.4) is 0 Å². The molecule has 3 rings (SSSR count). The Balaban J connectivity index is 1.93. The third-order valence-corrected chi connectivity index (χ3v) is 4.80. The molecule has 1 amide bonds. The summed E-state index contributed by atoms with van der Waals surface area (Å²) < 4.78 is 5.41. The van der Waals surface area contributed by atoms with Crippen LogP contribution < -0.4 is 10.1 Å². The average molecular weight is 408 g/mol. The Morgan fingerprint density at radius 1 is 1.04 bits per heavy atom. The normalized spacial score (nSPS) is 10.5. The van der Waals surface area contributed by atoms with Crippen LogP contribution in [0.2, 0.25) is 15.1 Å². The van der Waals surface area contributed by atoms with Crippen LogP contribution in [0.1, 0.15) is 10.4 Å². The number of pyridine rings is 1. The lowest BCUT2D eigenvalue weighted by molar-refractivity contribution is 0.102. The Morgan fingerprint density at radius 2 is 1.81 bits per heavy atom. The zero-order valence-electron chi connectivity index (χ0n) is 13.6. The zero-order valence-corrected chi connectivity index (χ0v) is 15.9. The molecule has 0 fully saturated rings. The minimum atomic E-state index is -0.342. The average Bonchev–Trinajstić information content (AvgIpc) is 2.65. The number of carbonyl (C=O) groups excluding carboxylic acids is 1. The van der Waals surface area contributed by atoms with E-state index in [9.17, 15) is 4.79 Å². The summed E-state index contributed by atoms with van der Waals surface area (Å²) in [6.07, 6.45) is 1.64. The van der Waals surface area contributed by atoms with Gasteiger partial charge in [-0.05, 0) is 42.5 Å². The van der Waals surface area contributed by atoms with Gasteiger partial charge in [-0.15, -0.1) is 0 Å². The van der Waals surface area contributed by atoms with Crippen LogP contribution in [0.5, 0.6) is 5.75 Å². The van der Waals surface area contributed by atoms with Gasteiger partial charge in [0.05, 0.1) is 33.6 Å². The van der Waals surface area contributed by atoms with Crippen molar-refractivity contribution in [2.24, 2.45) is 0 Å². The Kier molecular flexibility index (Phi) is 5.67. The first-order chi connectivity index (χ1) is 12.5. The van der Waals surface area contributed by atoms with Crippen molar-refractivity contribution in [3.8, 4) is 17.0 Å². The fourth-order valence-electron chi connectivity index (χ4n) is 2.41. The summed E-state index contributed by atoms with van der Waals surface area (Å²) in [5, 5.41) is 3.88. The first kappa shape index (κ1) is 18.5. The Morgan fingerprint density at radius 3 is 2.54 bits per heavy atom. The number of rotatable bonds is 4. The van der Waals surface area contributed by atoms with Crippen LogP contribution in [-0.2, 0) is 0 Å². The predicted molar refractivity (Wildman–Crippen MR) is 106 cm³/mol. The maximum absolute atomic E-state index is 12.6. The Hall–Kier alpha value is -2.27. The lowest BCUT2D eigenvalue weighted by Crippen LogP contribution is -2.12. The van der Waals surface area contributed by atoms with Gasteiger partial charge in [-0.1, -0.05) is 40.9 Å². The number of amides is 1. The van der Waals surface area contributed by atoms with Crippen LogP contribution >= 0.6 is 34.8 Å². The van der Waals surface area contributed by atoms with Crippen LogP contribution in [0.25, 0.3) is 11.3 Å². The van der Waals surface area contributed by atoms with Gasteiger partial charge in [-0.25, -0.2) is 0 Å². The zero-order chi connectivity index (χ0) is 18.7. The second-order valence-electron chi connectivity index (χ2n) is 5.30. The molecule has 26 heavy (non-hydrogen) atoms. The number of ether oxygens (including phenoxy) is 1. The standard InChI is InChI=1S/C19H13Cl3N2O2/c1-26-16-10-11(7-8-12(16)18-14(21)5-3-9-23-18)19(25)24-15-6-2-4-13(20)17(15)22/h2-10H,1H3,(H,24,25). The van der Waals surface area contributed by atoms with Gasteiger partial charge in [0, 0.05) is 17.3 Å². The summed E-state index contributed by atoms with van der Waals surface area (Å²) in [5.74, 6) is 0.140. The summed E-state index contributed by atoms with van der Waals surface area (Å²) in [7, 11) is 1.52. The Labute approximate surface area is 165 Å². The molecule has 0 aliphatic carbocycles. The second-order valence-corrected chi connectivity index (χ2v) is 6.50. The van der Waals surface area contributed by atoms with E-state index in [1.165, 1.54) is 7.11 Å². The third-order valence-electron chi connectivity index (χ3n) is 3.68. The lowest BCUT2D eigenvalue weighted by atomic mass is 10.1. The number of aromatic nitrogens is 1. The van der Waals surface area contributed by atoms with Crippen LogP contribution in [0.15, 0.2) is 54.7 Å². The molecule has 0 saturated carbocycles. The van der Waals surface area contributed by atoms with Gasteiger partial charge in [-0.3, -0.25) is 9.78 Å². The summed E-state index contributed by atoms with van der Waals surface area (Å²) in [4.78, 5) is 16.8. The molecule has 3 aromatic rings. The van der Waals surface area contributed by atoms with Crippen molar-refractivity contribution in [2.75, 3.05) is 12.4 Å². The van der Waals surface area contributed by atoms with E-state index in [1.807, 2.05) is 0 Å². The molecule has 2 aromatic carbocycles. The number of hydrogen-bond acceptors (Lipinski definition) is 3. The number of benzene rings is 2. The maximum atomic E-state index is 12.6. The van der Waals surface area contributed by atoms with Gasteiger partial charge in [0.2, 0.25) is 0 Å². The van der Waals surface area contributed by atoms with Gasteiger partial charge < -0.3 is 10.1 Å². The summed E-state index contributed by atoms with van der Waals surface area (Å²) in [6.45, 7) is 0. The van der Waals surface area contributed by atoms with Crippen LogP contribution in [0, 0.1) is 0 Å². The fourth-order valence-corrected chi connectivity index (χ4v) is 2.98. The molecular weight excluding hydrogens is 395 g/mol. The van der Waals surface area contributed by atoms with E-state index < -0.39 is 0 Å². The third kappa shape index (κ3) is 3.78. The summed E-state index contributed by atoms with van der Waals surface area (Å²) >= 11 is 18.3. The second kappa shape index (κ2) is 7.96. The van der Waals surface area contributed by atoms with E-state index in [4.69, 9.17) is 39.5 Å². The number of carbonyl (C=O) groups is 1. The van der Waals surface area contributed by atoms with Crippen LogP contribution in [0.4, 0.5) is 5.69 Å². The van der Waals surface area contributed by atoms with E-state index in [-0.39, 0.29) is 10.9 Å². The monoisotopic (exact) mass is 406 g/mol. The quantitative estimate of drug-likeness (QED) is 0.579. The molecule has 0 bridgehead atoms. The van der Waals surface area contributed by atoms with Gasteiger partial charge in [-0.2, -0.15) is 0 Å². The minimum Gasteiger partial charge on any atom is -0.496 e. The highest BCUT2D eigenvalue weighted by atomic mass is 35.5. The molecule has 0 spiro atoms. The van der Waals surface area contributed by atoms with Crippen molar-refractivity contribution in [3.63, 3.8) is 0 Å². The highest BCUT2D eigenvalue weighted by Crippen LogP contribution is 2.34. The molecule has 4 nitrogen and oxygen atoms in total. The number of nitrogens with zero attached hydrogens (tertiary/aromatic N) is 1. The van der Waals surface area contributed by atoms with E-state index in [0.29, 0.717) is 38.3 Å². The molecular formula is C19H13Cl3N2O2. The molecule has 0 aliphatic heterocycles. The number of halogens is 3. The van der Waals surface area contributed by atoms with Gasteiger partial charge in [0.1, 0.15) is 5.75 Å². The van der Waals surface area contributed by atoms with E-state index in [1.54, 1.807) is 54.7 Å². The van der Waals surface area contributed by atoms with Gasteiger partial charge in [0.15, 0.2) is 0 Å². The van der Waals surface area contributed by atoms with E-state index in [0.717, 1.165) is 0 Å². The SMILES string of the molecule is COc1cc(C(=O)Nc2cccc(Cl)c2Cl)ccc1-c1ncccc1Cl. The van der Waals surface area contributed by atoms with E-state index >= 15 is 0 Å². The number of anilines is 1. The van der Waals surface area contributed by atoms with Crippen LogP contribution in [-0.4, -0.2) is 18.0 Å². The van der Waals surface area contributed by atoms with Crippen molar-refractivity contribution in [2.45, 2.75) is 0 Å². The molecule has 0 unspecified atom stereocenters. The largest absolute Gasteiger partial charge is 0.496 e. The molecule has 0 aliphatic rings.